The Kier molecular flexibility index (Phi) is 3.63. The van der Waals surface area contributed by atoms with Crippen LogP contribution in [-0.2, 0) is 6.54 Å². The van der Waals surface area contributed by atoms with Crippen LogP contribution in [0.4, 0.5) is 0 Å². The minimum atomic E-state index is -0.959. The molecule has 1 N–H and O–H groups in total. The van der Waals surface area contributed by atoms with E-state index in [9.17, 15) is 9.90 Å². The first-order valence-corrected chi connectivity index (χ1v) is 7.36. The van der Waals surface area contributed by atoms with Crippen LogP contribution in [0.3, 0.4) is 0 Å². The minimum Gasteiger partial charge on any atom is -0.478 e. The molecule has 0 spiro atoms. The van der Waals surface area contributed by atoms with E-state index >= 15 is 0 Å². The molecule has 0 saturated carbocycles. The smallest absolute Gasteiger partial charge is 0.338 e. The molecule has 112 valence electrons. The predicted octanol–water partition coefficient (Wildman–Crippen LogP) is 1.86. The average Bonchev–Trinajstić information content (AvgIpc) is 3.06. The number of benzene rings is 1. The lowest BCUT2D eigenvalue weighted by Gasteiger charge is -2.20. The van der Waals surface area contributed by atoms with Gasteiger partial charge in [-0.1, -0.05) is 11.3 Å². The lowest BCUT2D eigenvalue weighted by atomic mass is 10.1. The number of aromatic carboxylic acids is 1. The van der Waals surface area contributed by atoms with E-state index in [-0.39, 0.29) is 5.56 Å². The van der Waals surface area contributed by atoms with Gasteiger partial charge in [0.25, 0.3) is 0 Å². The molecule has 2 aromatic rings. The van der Waals surface area contributed by atoms with E-state index in [0.29, 0.717) is 17.5 Å². The lowest BCUT2D eigenvalue weighted by molar-refractivity contribution is 0.0699. The number of aromatic nitrogens is 3. The van der Waals surface area contributed by atoms with Crippen LogP contribution in [0.5, 0.6) is 0 Å². The number of carbonyl (C=O) groups is 1. The number of fused-ring (bicyclic) bond motifs is 1. The number of rotatable bonds is 4. The lowest BCUT2D eigenvalue weighted by Crippen LogP contribution is -2.28. The highest BCUT2D eigenvalue weighted by Gasteiger charge is 2.25. The number of likely N-dealkylation sites (tertiary alicyclic amines) is 1. The summed E-state index contributed by atoms with van der Waals surface area (Å²) in [5, 5.41) is 17.4. The Morgan fingerprint density at radius 2 is 2.29 bits per heavy atom. The standard InChI is InChI=1S/C15H20N4O2/c1-10(2)18-7-6-11(8-18)9-19-13-5-3-4-12(15(20)21)14(13)16-17-19/h3-5,10-11H,6-9H2,1-2H3,(H,20,21). The molecule has 1 aromatic carbocycles. The number of carboxylic acid groups (broad SMARTS) is 1. The normalized spacial score (nSPS) is 19.7. The van der Waals surface area contributed by atoms with E-state index in [1.54, 1.807) is 12.1 Å². The van der Waals surface area contributed by atoms with Gasteiger partial charge >= 0.3 is 5.97 Å². The molecule has 0 amide bonds. The van der Waals surface area contributed by atoms with Crippen LogP contribution in [0.15, 0.2) is 18.2 Å². The number of hydrogen-bond acceptors (Lipinski definition) is 4. The highest BCUT2D eigenvalue weighted by Crippen LogP contribution is 2.22. The van der Waals surface area contributed by atoms with E-state index in [2.05, 4.69) is 29.1 Å². The quantitative estimate of drug-likeness (QED) is 0.929. The zero-order chi connectivity index (χ0) is 15.0. The van der Waals surface area contributed by atoms with Gasteiger partial charge in [-0.15, -0.1) is 5.10 Å². The third-order valence-electron chi connectivity index (χ3n) is 4.25. The molecule has 0 radical (unpaired) electrons. The molecule has 2 heterocycles. The Morgan fingerprint density at radius 1 is 1.48 bits per heavy atom. The van der Waals surface area contributed by atoms with Crippen LogP contribution >= 0.6 is 0 Å². The fourth-order valence-electron chi connectivity index (χ4n) is 3.02. The topological polar surface area (TPSA) is 71.2 Å². The number of hydrogen-bond donors (Lipinski definition) is 1. The third kappa shape index (κ3) is 2.63. The van der Waals surface area contributed by atoms with Crippen LogP contribution in [0.2, 0.25) is 0 Å². The van der Waals surface area contributed by atoms with Crippen LogP contribution < -0.4 is 0 Å². The monoisotopic (exact) mass is 288 g/mol. The van der Waals surface area contributed by atoms with Gasteiger partial charge in [-0.2, -0.15) is 0 Å². The van der Waals surface area contributed by atoms with Crippen molar-refractivity contribution in [2.24, 2.45) is 5.92 Å². The van der Waals surface area contributed by atoms with Crippen molar-refractivity contribution in [3.8, 4) is 0 Å². The van der Waals surface area contributed by atoms with Crippen molar-refractivity contribution < 1.29 is 9.90 Å². The highest BCUT2D eigenvalue weighted by molar-refractivity contribution is 6.00. The van der Waals surface area contributed by atoms with Gasteiger partial charge in [0.2, 0.25) is 0 Å². The minimum absolute atomic E-state index is 0.217. The maximum Gasteiger partial charge on any atom is 0.338 e. The van der Waals surface area contributed by atoms with Crippen molar-refractivity contribution in [1.29, 1.82) is 0 Å². The Hall–Kier alpha value is -1.95. The molecule has 1 saturated heterocycles. The van der Waals surface area contributed by atoms with E-state index in [4.69, 9.17) is 0 Å². The first kappa shape index (κ1) is 14.0. The molecular weight excluding hydrogens is 268 g/mol. The number of carboxylic acids is 1. The van der Waals surface area contributed by atoms with Gasteiger partial charge in [0.1, 0.15) is 5.52 Å². The second-order valence-electron chi connectivity index (χ2n) is 5.99. The average molecular weight is 288 g/mol. The summed E-state index contributed by atoms with van der Waals surface area (Å²) in [4.78, 5) is 13.7. The highest BCUT2D eigenvalue weighted by atomic mass is 16.4. The molecule has 0 bridgehead atoms. The third-order valence-corrected chi connectivity index (χ3v) is 4.25. The summed E-state index contributed by atoms with van der Waals surface area (Å²) >= 11 is 0. The second kappa shape index (κ2) is 5.44. The molecule has 1 fully saturated rings. The van der Waals surface area contributed by atoms with Crippen molar-refractivity contribution in [3.63, 3.8) is 0 Å². The molecule has 6 heteroatoms. The maximum atomic E-state index is 11.2. The van der Waals surface area contributed by atoms with Crippen molar-refractivity contribution in [2.75, 3.05) is 13.1 Å². The molecule has 21 heavy (non-hydrogen) atoms. The first-order chi connectivity index (χ1) is 10.1. The molecule has 6 nitrogen and oxygen atoms in total. The Morgan fingerprint density at radius 3 is 2.95 bits per heavy atom. The Bertz CT molecular complexity index is 665. The van der Waals surface area contributed by atoms with Crippen LogP contribution in [0.25, 0.3) is 11.0 Å². The van der Waals surface area contributed by atoms with Gasteiger partial charge in [0.05, 0.1) is 11.1 Å². The largest absolute Gasteiger partial charge is 0.478 e. The molecule has 1 aliphatic heterocycles. The summed E-state index contributed by atoms with van der Waals surface area (Å²) in [5.74, 6) is -0.412. The van der Waals surface area contributed by atoms with E-state index in [1.165, 1.54) is 0 Å². The van der Waals surface area contributed by atoms with Gasteiger partial charge in [-0.3, -0.25) is 0 Å². The van der Waals surface area contributed by atoms with Gasteiger partial charge < -0.3 is 10.0 Å². The molecular formula is C15H20N4O2. The van der Waals surface area contributed by atoms with Gasteiger partial charge in [0.15, 0.2) is 0 Å². The van der Waals surface area contributed by atoms with Gasteiger partial charge in [-0.05, 0) is 44.9 Å². The zero-order valence-corrected chi connectivity index (χ0v) is 12.4. The summed E-state index contributed by atoms with van der Waals surface area (Å²) in [6, 6.07) is 5.78. The molecule has 1 aromatic heterocycles. The fraction of sp³-hybridized carbons (Fsp3) is 0.533. The molecule has 1 atom stereocenters. The number of nitrogens with zero attached hydrogens (tertiary/aromatic N) is 4. The van der Waals surface area contributed by atoms with E-state index in [0.717, 1.165) is 31.6 Å². The summed E-state index contributed by atoms with van der Waals surface area (Å²) in [6.07, 6.45) is 1.15. The summed E-state index contributed by atoms with van der Waals surface area (Å²) < 4.78 is 1.84. The first-order valence-electron chi connectivity index (χ1n) is 7.36. The second-order valence-corrected chi connectivity index (χ2v) is 5.99. The van der Waals surface area contributed by atoms with Crippen molar-refractivity contribution in [2.45, 2.75) is 32.9 Å². The molecule has 1 aliphatic rings. The Balaban J connectivity index is 1.83. The zero-order valence-electron chi connectivity index (χ0n) is 12.4. The van der Waals surface area contributed by atoms with Crippen molar-refractivity contribution in [3.05, 3.63) is 23.8 Å². The molecule has 1 unspecified atom stereocenters. The van der Waals surface area contributed by atoms with Gasteiger partial charge in [0, 0.05) is 19.1 Å². The Labute approximate surface area is 123 Å². The SMILES string of the molecule is CC(C)N1CCC(Cn2nnc3c(C(=O)O)cccc32)C1. The molecule has 0 aliphatic carbocycles. The van der Waals surface area contributed by atoms with Crippen LogP contribution in [0.1, 0.15) is 30.6 Å². The van der Waals surface area contributed by atoms with Crippen molar-refractivity contribution >= 4 is 17.0 Å². The summed E-state index contributed by atoms with van der Waals surface area (Å²) in [7, 11) is 0. The molecule has 3 rings (SSSR count). The van der Waals surface area contributed by atoms with Gasteiger partial charge in [-0.25, -0.2) is 9.48 Å². The predicted molar refractivity (Wildman–Crippen MR) is 79.3 cm³/mol. The van der Waals surface area contributed by atoms with E-state index < -0.39 is 5.97 Å². The fourth-order valence-corrected chi connectivity index (χ4v) is 3.02. The van der Waals surface area contributed by atoms with Crippen LogP contribution in [-0.4, -0.2) is 50.1 Å². The van der Waals surface area contributed by atoms with E-state index in [1.807, 2.05) is 10.7 Å². The maximum absolute atomic E-state index is 11.2. The summed E-state index contributed by atoms with van der Waals surface area (Å²) in [5.41, 5.74) is 1.50. The van der Waals surface area contributed by atoms with Crippen molar-refractivity contribution in [1.82, 2.24) is 19.9 Å². The van der Waals surface area contributed by atoms with Crippen LogP contribution in [0, 0.1) is 5.92 Å². The summed E-state index contributed by atoms with van der Waals surface area (Å²) in [6.45, 7) is 7.41.